The van der Waals surface area contributed by atoms with E-state index >= 15 is 0 Å². The van der Waals surface area contributed by atoms with Crippen LogP contribution in [-0.4, -0.2) is 30.1 Å². The molecule has 2 N–H and O–H groups in total. The molecule has 1 amide bonds. The number of fused-ring (bicyclic) bond motifs is 1. The van der Waals surface area contributed by atoms with Crippen LogP contribution in [0.4, 0.5) is 5.95 Å². The average molecular weight is 297 g/mol. The topological polar surface area (TPSA) is 76.2 Å². The Kier molecular flexibility index (Phi) is 3.65. The highest BCUT2D eigenvalue weighted by atomic mass is 16.5. The number of aromatic nitrogens is 2. The van der Waals surface area contributed by atoms with Gasteiger partial charge < -0.3 is 14.5 Å². The highest BCUT2D eigenvalue weighted by Crippen LogP contribution is 2.31. The van der Waals surface area contributed by atoms with Gasteiger partial charge in [0.25, 0.3) is 5.91 Å². The van der Waals surface area contributed by atoms with Gasteiger partial charge in [0.1, 0.15) is 0 Å². The minimum absolute atomic E-state index is 0.324. The molecule has 0 aliphatic heterocycles. The quantitative estimate of drug-likeness (QED) is 0.776. The number of nitrogens with zero attached hydrogens (tertiary/aromatic N) is 1. The number of methoxy groups -OCH3 is 2. The fourth-order valence-electron chi connectivity index (χ4n) is 2.25. The molecule has 1 heterocycles. The van der Waals surface area contributed by atoms with Crippen molar-refractivity contribution in [2.24, 2.45) is 0 Å². The number of ether oxygens (including phenoxy) is 2. The van der Waals surface area contributed by atoms with Crippen molar-refractivity contribution in [3.63, 3.8) is 0 Å². The molecule has 3 aromatic rings. The highest BCUT2D eigenvalue weighted by Gasteiger charge is 2.17. The number of anilines is 1. The summed E-state index contributed by atoms with van der Waals surface area (Å²) >= 11 is 0. The summed E-state index contributed by atoms with van der Waals surface area (Å²) in [6.45, 7) is 0. The van der Waals surface area contributed by atoms with Gasteiger partial charge in [-0.25, -0.2) is 4.98 Å². The van der Waals surface area contributed by atoms with E-state index in [1.165, 1.54) is 14.2 Å². The zero-order valence-electron chi connectivity index (χ0n) is 12.2. The lowest BCUT2D eigenvalue weighted by atomic mass is 10.1. The van der Waals surface area contributed by atoms with Gasteiger partial charge >= 0.3 is 0 Å². The highest BCUT2D eigenvalue weighted by molar-refractivity contribution is 6.06. The summed E-state index contributed by atoms with van der Waals surface area (Å²) < 4.78 is 10.5. The van der Waals surface area contributed by atoms with Gasteiger partial charge in [-0.15, -0.1) is 0 Å². The third kappa shape index (κ3) is 2.46. The van der Waals surface area contributed by atoms with Crippen molar-refractivity contribution in [3.05, 3.63) is 48.0 Å². The van der Waals surface area contributed by atoms with Crippen molar-refractivity contribution in [1.29, 1.82) is 0 Å². The van der Waals surface area contributed by atoms with Crippen molar-refractivity contribution in [3.8, 4) is 11.5 Å². The zero-order valence-corrected chi connectivity index (χ0v) is 12.2. The lowest BCUT2D eigenvalue weighted by Crippen LogP contribution is -2.14. The fourth-order valence-corrected chi connectivity index (χ4v) is 2.25. The summed E-state index contributed by atoms with van der Waals surface area (Å²) in [4.78, 5) is 19.8. The van der Waals surface area contributed by atoms with E-state index in [0.717, 1.165) is 11.0 Å². The first-order valence-corrected chi connectivity index (χ1v) is 6.70. The van der Waals surface area contributed by atoms with Crippen LogP contribution in [0.2, 0.25) is 0 Å². The predicted octanol–water partition coefficient (Wildman–Crippen LogP) is 2.83. The number of carbonyl (C=O) groups is 1. The van der Waals surface area contributed by atoms with Gasteiger partial charge in [0.15, 0.2) is 11.5 Å². The normalized spacial score (nSPS) is 10.5. The first-order valence-electron chi connectivity index (χ1n) is 6.70. The molecule has 112 valence electrons. The summed E-state index contributed by atoms with van der Waals surface area (Å²) in [6.07, 6.45) is 0. The van der Waals surface area contributed by atoms with Gasteiger partial charge in [0, 0.05) is 0 Å². The van der Waals surface area contributed by atoms with Crippen LogP contribution < -0.4 is 14.8 Å². The Morgan fingerprint density at radius 2 is 1.91 bits per heavy atom. The molecule has 0 bridgehead atoms. The molecule has 0 spiro atoms. The number of amides is 1. The number of para-hydroxylation sites is 3. The van der Waals surface area contributed by atoms with Crippen molar-refractivity contribution >= 4 is 22.9 Å². The number of imidazole rings is 1. The third-order valence-electron chi connectivity index (χ3n) is 3.27. The molecule has 2 aromatic carbocycles. The van der Waals surface area contributed by atoms with E-state index in [9.17, 15) is 4.79 Å². The summed E-state index contributed by atoms with van der Waals surface area (Å²) in [7, 11) is 3.02. The van der Waals surface area contributed by atoms with Crippen molar-refractivity contribution in [2.45, 2.75) is 0 Å². The predicted molar refractivity (Wildman–Crippen MR) is 83.6 cm³/mol. The largest absolute Gasteiger partial charge is 0.493 e. The Bertz CT molecular complexity index is 793. The maximum atomic E-state index is 12.4. The van der Waals surface area contributed by atoms with Gasteiger partial charge in [-0.1, -0.05) is 18.2 Å². The van der Waals surface area contributed by atoms with E-state index < -0.39 is 0 Å². The lowest BCUT2D eigenvalue weighted by molar-refractivity contribution is 0.102. The molecule has 0 radical (unpaired) electrons. The Balaban J connectivity index is 1.91. The maximum Gasteiger partial charge on any atom is 0.261 e. The summed E-state index contributed by atoms with van der Waals surface area (Å²) in [6, 6.07) is 12.7. The molecule has 0 aliphatic carbocycles. The Hall–Kier alpha value is -3.02. The second-order valence-corrected chi connectivity index (χ2v) is 4.60. The lowest BCUT2D eigenvalue weighted by Gasteiger charge is -2.11. The number of aromatic amines is 1. The van der Waals surface area contributed by atoms with Crippen LogP contribution in [0.1, 0.15) is 10.4 Å². The molecule has 0 atom stereocenters. The third-order valence-corrected chi connectivity index (χ3v) is 3.27. The van der Waals surface area contributed by atoms with Crippen molar-refractivity contribution in [1.82, 2.24) is 9.97 Å². The number of nitrogens with one attached hydrogen (secondary N) is 2. The SMILES string of the molecule is COc1cccc(C(=O)Nc2nc3ccccc3[nH]2)c1OC. The molecule has 0 unspecified atom stereocenters. The number of hydrogen-bond acceptors (Lipinski definition) is 4. The second-order valence-electron chi connectivity index (χ2n) is 4.60. The molecular weight excluding hydrogens is 282 g/mol. The standard InChI is InChI=1S/C16H15N3O3/c1-21-13-9-5-6-10(14(13)22-2)15(20)19-16-17-11-7-3-4-8-12(11)18-16/h3-9H,1-2H3,(H2,17,18,19,20). The van der Waals surface area contributed by atoms with Crippen LogP contribution in [0.25, 0.3) is 11.0 Å². The Morgan fingerprint density at radius 3 is 2.64 bits per heavy atom. The second kappa shape index (κ2) is 5.77. The average Bonchev–Trinajstić information content (AvgIpc) is 2.95. The molecule has 6 nitrogen and oxygen atoms in total. The van der Waals surface area contributed by atoms with Crippen LogP contribution in [-0.2, 0) is 0 Å². The van der Waals surface area contributed by atoms with Gasteiger partial charge in [-0.05, 0) is 24.3 Å². The molecule has 6 heteroatoms. The molecule has 1 aromatic heterocycles. The molecule has 0 fully saturated rings. The molecule has 3 rings (SSSR count). The van der Waals surface area contributed by atoms with Gasteiger partial charge in [0.2, 0.25) is 5.95 Å². The molecule has 0 aliphatic rings. The van der Waals surface area contributed by atoms with Crippen LogP contribution in [0, 0.1) is 0 Å². The van der Waals surface area contributed by atoms with Crippen LogP contribution in [0.15, 0.2) is 42.5 Å². The Morgan fingerprint density at radius 1 is 1.09 bits per heavy atom. The van der Waals surface area contributed by atoms with Crippen LogP contribution >= 0.6 is 0 Å². The van der Waals surface area contributed by atoms with Crippen LogP contribution in [0.3, 0.4) is 0 Å². The zero-order chi connectivity index (χ0) is 15.5. The van der Waals surface area contributed by atoms with E-state index in [0.29, 0.717) is 23.0 Å². The summed E-state index contributed by atoms with van der Waals surface area (Å²) in [5, 5.41) is 2.73. The number of rotatable bonds is 4. The summed E-state index contributed by atoms with van der Waals surface area (Å²) in [5.74, 6) is 0.948. The minimum Gasteiger partial charge on any atom is -0.493 e. The monoisotopic (exact) mass is 297 g/mol. The van der Waals surface area contributed by atoms with E-state index in [2.05, 4.69) is 15.3 Å². The van der Waals surface area contributed by atoms with E-state index in [4.69, 9.17) is 9.47 Å². The minimum atomic E-state index is -0.324. The van der Waals surface area contributed by atoms with Crippen molar-refractivity contribution in [2.75, 3.05) is 19.5 Å². The smallest absolute Gasteiger partial charge is 0.261 e. The molecule has 0 saturated heterocycles. The number of carbonyl (C=O) groups excluding carboxylic acids is 1. The van der Waals surface area contributed by atoms with Gasteiger partial charge in [0.05, 0.1) is 30.8 Å². The summed E-state index contributed by atoms with van der Waals surface area (Å²) in [5.41, 5.74) is 2.02. The molecular formula is C16H15N3O3. The van der Waals surface area contributed by atoms with E-state index in [1.807, 2.05) is 24.3 Å². The number of hydrogen-bond donors (Lipinski definition) is 2. The van der Waals surface area contributed by atoms with Crippen molar-refractivity contribution < 1.29 is 14.3 Å². The van der Waals surface area contributed by atoms with E-state index in [1.54, 1.807) is 18.2 Å². The fraction of sp³-hybridized carbons (Fsp3) is 0.125. The maximum absolute atomic E-state index is 12.4. The van der Waals surface area contributed by atoms with Gasteiger partial charge in [-0.2, -0.15) is 0 Å². The first kappa shape index (κ1) is 13.9. The van der Waals surface area contributed by atoms with E-state index in [-0.39, 0.29) is 5.91 Å². The molecule has 0 saturated carbocycles. The Labute approximate surface area is 127 Å². The number of benzene rings is 2. The van der Waals surface area contributed by atoms with Gasteiger partial charge in [-0.3, -0.25) is 10.1 Å². The first-order chi connectivity index (χ1) is 10.7. The molecule has 22 heavy (non-hydrogen) atoms. The van der Waals surface area contributed by atoms with Crippen LogP contribution in [0.5, 0.6) is 11.5 Å². The number of H-pyrrole nitrogens is 1.